The van der Waals surface area contributed by atoms with Crippen molar-refractivity contribution in [2.75, 3.05) is 39.4 Å². The average Bonchev–Trinajstić information content (AvgIpc) is 3.22. The second-order valence-corrected chi connectivity index (χ2v) is 7.22. The zero-order chi connectivity index (χ0) is 19.1. The van der Waals surface area contributed by atoms with E-state index in [1.807, 2.05) is 6.07 Å². The number of rotatable bonds is 7. The molecule has 1 heterocycles. The summed E-state index contributed by atoms with van der Waals surface area (Å²) in [7, 11) is 0. The molecular weight excluding hydrogens is 349 g/mol. The first-order valence-corrected chi connectivity index (χ1v) is 9.75. The van der Waals surface area contributed by atoms with Crippen LogP contribution in [0, 0.1) is 11.7 Å². The number of carbonyl (C=O) groups excluding carboxylic acids is 2. The highest BCUT2D eigenvalue weighted by Crippen LogP contribution is 2.24. The summed E-state index contributed by atoms with van der Waals surface area (Å²) in [6.45, 7) is 3.05. The van der Waals surface area contributed by atoms with Gasteiger partial charge < -0.3 is 15.4 Å². The molecule has 6 nitrogen and oxygen atoms in total. The Hall–Kier alpha value is -1.99. The molecule has 2 fully saturated rings. The summed E-state index contributed by atoms with van der Waals surface area (Å²) in [6, 6.07) is 6.35. The van der Waals surface area contributed by atoms with E-state index < -0.39 is 0 Å². The standard InChI is InChI=1S/C20H28FN3O3/c21-17-7-3-6-16(12-17)18(24-8-10-27-11-9-24)13-22-19(25)14-23-20(26)15-4-1-2-5-15/h3,6-7,12,15,18H,1-2,4-5,8-11,13-14H2,(H,22,25)(H,23,26)/t18-/m1/s1. The second-order valence-electron chi connectivity index (χ2n) is 7.22. The summed E-state index contributed by atoms with van der Waals surface area (Å²) >= 11 is 0. The SMILES string of the molecule is O=C(CNC(=O)C1CCCC1)NC[C@H](c1cccc(F)c1)N1CCOCC1. The minimum absolute atomic E-state index is 0.0195. The summed E-state index contributed by atoms with van der Waals surface area (Å²) in [5, 5.41) is 5.62. The second kappa shape index (κ2) is 9.80. The molecule has 0 unspecified atom stereocenters. The van der Waals surface area contributed by atoms with Crippen LogP contribution in [0.4, 0.5) is 4.39 Å². The molecular formula is C20H28FN3O3. The van der Waals surface area contributed by atoms with Gasteiger partial charge in [0.05, 0.1) is 25.8 Å². The van der Waals surface area contributed by atoms with Gasteiger partial charge in [0.2, 0.25) is 11.8 Å². The molecule has 1 atom stereocenters. The lowest BCUT2D eigenvalue weighted by Crippen LogP contribution is -2.46. The van der Waals surface area contributed by atoms with Gasteiger partial charge in [-0.05, 0) is 30.5 Å². The van der Waals surface area contributed by atoms with Crippen LogP contribution < -0.4 is 10.6 Å². The van der Waals surface area contributed by atoms with Gasteiger partial charge in [-0.25, -0.2) is 4.39 Å². The maximum atomic E-state index is 13.7. The molecule has 27 heavy (non-hydrogen) atoms. The van der Waals surface area contributed by atoms with Crippen molar-refractivity contribution in [1.82, 2.24) is 15.5 Å². The van der Waals surface area contributed by atoms with Crippen LogP contribution in [-0.4, -0.2) is 56.1 Å². The van der Waals surface area contributed by atoms with Gasteiger partial charge in [-0.3, -0.25) is 14.5 Å². The van der Waals surface area contributed by atoms with Gasteiger partial charge in [-0.2, -0.15) is 0 Å². The summed E-state index contributed by atoms with van der Waals surface area (Å²) in [6.07, 6.45) is 3.98. The molecule has 0 aromatic heterocycles. The highest BCUT2D eigenvalue weighted by atomic mass is 19.1. The van der Waals surface area contributed by atoms with Gasteiger partial charge in [0.1, 0.15) is 5.82 Å². The Morgan fingerprint density at radius 2 is 1.93 bits per heavy atom. The Balaban J connectivity index is 1.53. The fraction of sp³-hybridized carbons (Fsp3) is 0.600. The summed E-state index contributed by atoms with van der Waals surface area (Å²) < 4.78 is 19.1. The topological polar surface area (TPSA) is 70.7 Å². The van der Waals surface area contributed by atoms with Crippen LogP contribution in [0.15, 0.2) is 24.3 Å². The van der Waals surface area contributed by atoms with Gasteiger partial charge in [-0.15, -0.1) is 0 Å². The highest BCUT2D eigenvalue weighted by molar-refractivity contribution is 5.85. The number of ether oxygens (including phenoxy) is 1. The third-order valence-electron chi connectivity index (χ3n) is 5.36. The lowest BCUT2D eigenvalue weighted by Gasteiger charge is -2.35. The van der Waals surface area contributed by atoms with Crippen LogP contribution in [0.25, 0.3) is 0 Å². The Labute approximate surface area is 159 Å². The molecule has 1 aromatic rings. The lowest BCUT2D eigenvalue weighted by atomic mass is 10.0. The number of halogens is 1. The average molecular weight is 377 g/mol. The summed E-state index contributed by atoms with van der Waals surface area (Å²) in [5.41, 5.74) is 0.826. The van der Waals surface area contributed by atoms with E-state index in [4.69, 9.17) is 4.74 Å². The Morgan fingerprint density at radius 1 is 1.19 bits per heavy atom. The summed E-state index contributed by atoms with van der Waals surface area (Å²) in [5.74, 6) is -0.499. The Morgan fingerprint density at radius 3 is 2.63 bits per heavy atom. The van der Waals surface area contributed by atoms with E-state index in [1.165, 1.54) is 12.1 Å². The molecule has 0 radical (unpaired) electrons. The van der Waals surface area contributed by atoms with Gasteiger partial charge in [0.15, 0.2) is 0 Å². The monoisotopic (exact) mass is 377 g/mol. The number of carbonyl (C=O) groups is 2. The number of hydrogen-bond acceptors (Lipinski definition) is 4. The van der Waals surface area contributed by atoms with E-state index in [-0.39, 0.29) is 36.1 Å². The normalized spacial score (nSPS) is 19.6. The first kappa shape index (κ1) is 19.8. The lowest BCUT2D eigenvalue weighted by molar-refractivity contribution is -0.128. The largest absolute Gasteiger partial charge is 0.379 e. The molecule has 2 amide bonds. The van der Waals surface area contributed by atoms with Gasteiger partial charge in [0, 0.05) is 25.6 Å². The molecule has 0 bridgehead atoms. The molecule has 7 heteroatoms. The number of benzene rings is 1. The quantitative estimate of drug-likeness (QED) is 0.758. The molecule has 3 rings (SSSR count). The van der Waals surface area contributed by atoms with Crippen LogP contribution >= 0.6 is 0 Å². The van der Waals surface area contributed by atoms with Crippen LogP contribution in [-0.2, 0) is 14.3 Å². The molecule has 1 saturated carbocycles. The molecule has 0 spiro atoms. The van der Waals surface area contributed by atoms with Crippen molar-refractivity contribution in [1.29, 1.82) is 0 Å². The van der Waals surface area contributed by atoms with Crippen molar-refractivity contribution in [2.24, 2.45) is 5.92 Å². The minimum atomic E-state index is -0.291. The summed E-state index contributed by atoms with van der Waals surface area (Å²) in [4.78, 5) is 26.4. The first-order valence-electron chi connectivity index (χ1n) is 9.75. The van der Waals surface area contributed by atoms with E-state index in [0.717, 1.165) is 44.3 Å². The number of morpholine rings is 1. The number of nitrogens with one attached hydrogen (secondary N) is 2. The third kappa shape index (κ3) is 5.74. The highest BCUT2D eigenvalue weighted by Gasteiger charge is 2.25. The maximum Gasteiger partial charge on any atom is 0.239 e. The fourth-order valence-electron chi connectivity index (χ4n) is 3.83. The molecule has 1 aliphatic heterocycles. The van der Waals surface area contributed by atoms with Crippen molar-refractivity contribution >= 4 is 11.8 Å². The number of nitrogens with zero attached hydrogens (tertiary/aromatic N) is 1. The van der Waals surface area contributed by atoms with Crippen LogP contribution in [0.1, 0.15) is 37.3 Å². The fourth-order valence-corrected chi connectivity index (χ4v) is 3.83. The van der Waals surface area contributed by atoms with Gasteiger partial charge in [-0.1, -0.05) is 25.0 Å². The predicted molar refractivity (Wildman–Crippen MR) is 99.5 cm³/mol. The van der Waals surface area contributed by atoms with E-state index in [0.29, 0.717) is 19.8 Å². The number of hydrogen-bond donors (Lipinski definition) is 2. The molecule has 1 aromatic carbocycles. The van der Waals surface area contributed by atoms with Crippen molar-refractivity contribution in [3.8, 4) is 0 Å². The molecule has 1 saturated heterocycles. The molecule has 1 aliphatic carbocycles. The minimum Gasteiger partial charge on any atom is -0.379 e. The third-order valence-corrected chi connectivity index (χ3v) is 5.36. The van der Waals surface area contributed by atoms with E-state index >= 15 is 0 Å². The van der Waals surface area contributed by atoms with Crippen molar-refractivity contribution in [3.05, 3.63) is 35.6 Å². The van der Waals surface area contributed by atoms with E-state index in [1.54, 1.807) is 6.07 Å². The van der Waals surface area contributed by atoms with E-state index in [2.05, 4.69) is 15.5 Å². The maximum absolute atomic E-state index is 13.7. The van der Waals surface area contributed by atoms with Crippen molar-refractivity contribution in [3.63, 3.8) is 0 Å². The molecule has 2 aliphatic rings. The first-order chi connectivity index (χ1) is 13.1. The number of amides is 2. The zero-order valence-corrected chi connectivity index (χ0v) is 15.6. The Kier molecular flexibility index (Phi) is 7.18. The van der Waals surface area contributed by atoms with E-state index in [9.17, 15) is 14.0 Å². The van der Waals surface area contributed by atoms with Crippen LogP contribution in [0.3, 0.4) is 0 Å². The van der Waals surface area contributed by atoms with Crippen LogP contribution in [0.2, 0.25) is 0 Å². The molecule has 2 N–H and O–H groups in total. The zero-order valence-electron chi connectivity index (χ0n) is 15.6. The van der Waals surface area contributed by atoms with Crippen molar-refractivity contribution in [2.45, 2.75) is 31.7 Å². The molecule has 148 valence electrons. The van der Waals surface area contributed by atoms with Gasteiger partial charge >= 0.3 is 0 Å². The Bertz CT molecular complexity index is 643. The van der Waals surface area contributed by atoms with Crippen LogP contribution in [0.5, 0.6) is 0 Å². The van der Waals surface area contributed by atoms with Gasteiger partial charge in [0.25, 0.3) is 0 Å². The smallest absolute Gasteiger partial charge is 0.239 e. The van der Waals surface area contributed by atoms with Crippen molar-refractivity contribution < 1.29 is 18.7 Å². The predicted octanol–water partition coefficient (Wildman–Crippen LogP) is 1.62.